The zero-order valence-corrected chi connectivity index (χ0v) is 18.6. The largest absolute Gasteiger partial charge is 0.322 e. The van der Waals surface area contributed by atoms with Gasteiger partial charge in [0, 0.05) is 11.1 Å². The number of hydrogen-bond acceptors (Lipinski definition) is 5. The van der Waals surface area contributed by atoms with Crippen LogP contribution in [0.5, 0.6) is 0 Å². The van der Waals surface area contributed by atoms with Gasteiger partial charge in [0.05, 0.1) is 6.04 Å². The Morgan fingerprint density at radius 2 is 1.68 bits per heavy atom. The minimum atomic E-state index is -0.219. The lowest BCUT2D eigenvalue weighted by Gasteiger charge is -2.30. The van der Waals surface area contributed by atoms with Crippen LogP contribution in [0.2, 0.25) is 0 Å². The monoisotopic (exact) mass is 420 g/mol. The lowest BCUT2D eigenvalue weighted by Crippen LogP contribution is -2.36. The molecule has 1 aliphatic heterocycles. The molecule has 0 unspecified atom stereocenters. The van der Waals surface area contributed by atoms with Crippen LogP contribution < -0.4 is 5.56 Å². The van der Waals surface area contributed by atoms with Crippen LogP contribution in [0.25, 0.3) is 10.9 Å². The summed E-state index contributed by atoms with van der Waals surface area (Å²) in [7, 11) is 0. The van der Waals surface area contributed by atoms with Crippen molar-refractivity contribution in [2.24, 2.45) is 0 Å². The first-order valence-corrected chi connectivity index (χ1v) is 11.8. The number of aromatic amines is 1. The molecule has 1 aliphatic carbocycles. The third kappa shape index (κ3) is 3.91. The van der Waals surface area contributed by atoms with E-state index < -0.39 is 0 Å². The molecule has 1 saturated carbocycles. The SMILES string of the molecule is Cc1cc2cc([C@@H](c3nnnn3C3CCCC3)N3CCCCCC3)c(=O)[nH]c2cc1C. The number of benzene rings is 1. The lowest BCUT2D eigenvalue weighted by molar-refractivity contribution is 0.216. The number of tetrazole rings is 1. The number of H-pyrrole nitrogens is 1. The fourth-order valence-corrected chi connectivity index (χ4v) is 5.34. The summed E-state index contributed by atoms with van der Waals surface area (Å²) in [5.74, 6) is 0.822. The average molecular weight is 421 g/mol. The van der Waals surface area contributed by atoms with E-state index in [1.54, 1.807) is 0 Å². The number of likely N-dealkylation sites (tertiary alicyclic amines) is 1. The Kier molecular flexibility index (Phi) is 5.61. The third-order valence-electron chi connectivity index (χ3n) is 7.22. The summed E-state index contributed by atoms with van der Waals surface area (Å²) in [6.45, 7) is 6.13. The van der Waals surface area contributed by atoms with Crippen molar-refractivity contribution in [2.45, 2.75) is 77.3 Å². The van der Waals surface area contributed by atoms with E-state index >= 15 is 0 Å². The number of fused-ring (bicyclic) bond motifs is 1. The van der Waals surface area contributed by atoms with Gasteiger partial charge < -0.3 is 4.98 Å². The van der Waals surface area contributed by atoms with E-state index in [0.717, 1.165) is 61.1 Å². The van der Waals surface area contributed by atoms with Gasteiger partial charge in [-0.2, -0.15) is 0 Å². The summed E-state index contributed by atoms with van der Waals surface area (Å²) < 4.78 is 2.02. The van der Waals surface area contributed by atoms with Crippen LogP contribution in [0, 0.1) is 13.8 Å². The molecule has 7 nitrogen and oxygen atoms in total. The van der Waals surface area contributed by atoms with E-state index in [9.17, 15) is 4.79 Å². The standard InChI is InChI=1S/C24H32N6O/c1-16-13-18-15-20(24(31)25-21(18)14-17(16)2)22(29-11-7-3-4-8-12-29)23-26-27-28-30(23)19-9-5-6-10-19/h13-15,19,22H,3-12H2,1-2H3,(H,25,31)/t22-/m0/s1. The third-order valence-corrected chi connectivity index (χ3v) is 7.22. The van der Waals surface area contributed by atoms with Gasteiger partial charge >= 0.3 is 0 Å². The van der Waals surface area contributed by atoms with Crippen molar-refractivity contribution in [1.82, 2.24) is 30.1 Å². The van der Waals surface area contributed by atoms with Crippen molar-refractivity contribution in [3.05, 3.63) is 51.1 Å². The molecule has 7 heteroatoms. The topological polar surface area (TPSA) is 79.7 Å². The van der Waals surface area contributed by atoms with E-state index in [0.29, 0.717) is 6.04 Å². The molecule has 1 atom stereocenters. The molecule has 1 saturated heterocycles. The van der Waals surface area contributed by atoms with Crippen molar-refractivity contribution >= 4 is 10.9 Å². The smallest absolute Gasteiger partial charge is 0.253 e. The summed E-state index contributed by atoms with van der Waals surface area (Å²) >= 11 is 0. The van der Waals surface area contributed by atoms with Crippen LogP contribution in [-0.4, -0.2) is 43.2 Å². The van der Waals surface area contributed by atoms with Crippen LogP contribution in [0.15, 0.2) is 23.0 Å². The van der Waals surface area contributed by atoms with Crippen molar-refractivity contribution < 1.29 is 0 Å². The maximum atomic E-state index is 13.4. The fraction of sp³-hybridized carbons (Fsp3) is 0.583. The van der Waals surface area contributed by atoms with E-state index in [1.165, 1.54) is 36.8 Å². The Morgan fingerprint density at radius 3 is 2.42 bits per heavy atom. The van der Waals surface area contributed by atoms with Crippen LogP contribution in [-0.2, 0) is 0 Å². The van der Waals surface area contributed by atoms with Gasteiger partial charge in [0.1, 0.15) is 6.04 Å². The zero-order valence-electron chi connectivity index (χ0n) is 18.6. The maximum absolute atomic E-state index is 13.4. The van der Waals surface area contributed by atoms with Gasteiger partial charge in [0.15, 0.2) is 5.82 Å². The Labute approximate surface area is 182 Å². The van der Waals surface area contributed by atoms with Crippen molar-refractivity contribution in [3.63, 3.8) is 0 Å². The number of rotatable bonds is 4. The maximum Gasteiger partial charge on any atom is 0.253 e. The molecule has 0 amide bonds. The van der Waals surface area contributed by atoms with Gasteiger partial charge in [-0.3, -0.25) is 9.69 Å². The summed E-state index contributed by atoms with van der Waals surface area (Å²) in [6, 6.07) is 6.43. The predicted molar refractivity (Wildman–Crippen MR) is 121 cm³/mol. The van der Waals surface area contributed by atoms with Crippen molar-refractivity contribution in [1.29, 1.82) is 0 Å². The van der Waals surface area contributed by atoms with Gasteiger partial charge in [-0.25, -0.2) is 4.68 Å². The highest BCUT2D eigenvalue weighted by atomic mass is 16.1. The Morgan fingerprint density at radius 1 is 0.968 bits per heavy atom. The van der Waals surface area contributed by atoms with Gasteiger partial charge in [0.2, 0.25) is 0 Å². The van der Waals surface area contributed by atoms with E-state index in [4.69, 9.17) is 0 Å². The fourth-order valence-electron chi connectivity index (χ4n) is 5.34. The highest BCUT2D eigenvalue weighted by Gasteiger charge is 2.33. The minimum Gasteiger partial charge on any atom is -0.322 e. The summed E-state index contributed by atoms with van der Waals surface area (Å²) in [6.07, 6.45) is 9.42. The number of nitrogens with zero attached hydrogens (tertiary/aromatic N) is 5. The summed E-state index contributed by atoms with van der Waals surface area (Å²) in [4.78, 5) is 19.0. The van der Waals surface area contributed by atoms with Crippen LogP contribution >= 0.6 is 0 Å². The van der Waals surface area contributed by atoms with Gasteiger partial charge in [-0.1, -0.05) is 25.7 Å². The van der Waals surface area contributed by atoms with E-state index in [1.807, 2.05) is 4.68 Å². The molecule has 3 aromatic rings. The number of nitrogens with one attached hydrogen (secondary N) is 1. The molecule has 1 N–H and O–H groups in total. The lowest BCUT2D eigenvalue weighted by atomic mass is 10.0. The first-order chi connectivity index (χ1) is 15.1. The highest BCUT2D eigenvalue weighted by Crippen LogP contribution is 2.34. The summed E-state index contributed by atoms with van der Waals surface area (Å²) in [5.41, 5.74) is 4.03. The second-order valence-electron chi connectivity index (χ2n) is 9.35. The molecule has 0 bridgehead atoms. The first-order valence-electron chi connectivity index (χ1n) is 11.8. The highest BCUT2D eigenvalue weighted by molar-refractivity contribution is 5.81. The molecule has 2 aliphatic rings. The second-order valence-corrected chi connectivity index (χ2v) is 9.35. The molecular weight excluding hydrogens is 388 g/mol. The molecule has 31 heavy (non-hydrogen) atoms. The van der Waals surface area contributed by atoms with Crippen LogP contribution in [0.3, 0.4) is 0 Å². The minimum absolute atomic E-state index is 0.0361. The number of aryl methyl sites for hydroxylation is 2. The Bertz CT molecular complexity index is 1120. The quantitative estimate of drug-likeness (QED) is 0.684. The first kappa shape index (κ1) is 20.4. The number of hydrogen-bond donors (Lipinski definition) is 1. The average Bonchev–Trinajstić information content (AvgIpc) is 3.37. The van der Waals surface area contributed by atoms with Crippen LogP contribution in [0.1, 0.15) is 86.0 Å². The Hall–Kier alpha value is -2.54. The van der Waals surface area contributed by atoms with E-state index in [-0.39, 0.29) is 11.6 Å². The molecule has 2 fully saturated rings. The molecule has 0 spiro atoms. The molecule has 2 aromatic heterocycles. The summed E-state index contributed by atoms with van der Waals surface area (Å²) in [5, 5.41) is 14.0. The molecule has 0 radical (unpaired) electrons. The van der Waals surface area contributed by atoms with Gasteiger partial charge in [-0.15, -0.1) is 5.10 Å². The molecule has 5 rings (SSSR count). The molecular formula is C24H32N6O. The number of pyridine rings is 1. The molecule has 1 aromatic carbocycles. The van der Waals surface area contributed by atoms with Crippen molar-refractivity contribution in [3.8, 4) is 0 Å². The van der Waals surface area contributed by atoms with Gasteiger partial charge in [-0.05, 0) is 97.8 Å². The Balaban J connectivity index is 1.66. The molecule has 164 valence electrons. The van der Waals surface area contributed by atoms with Crippen LogP contribution in [0.4, 0.5) is 0 Å². The zero-order chi connectivity index (χ0) is 21.4. The second kappa shape index (κ2) is 8.54. The normalized spacial score (nSPS) is 19.7. The number of aromatic nitrogens is 5. The van der Waals surface area contributed by atoms with Crippen molar-refractivity contribution in [2.75, 3.05) is 13.1 Å². The van der Waals surface area contributed by atoms with Gasteiger partial charge in [0.25, 0.3) is 5.56 Å². The van der Waals surface area contributed by atoms with E-state index in [2.05, 4.69) is 57.5 Å². The predicted octanol–water partition coefficient (Wildman–Crippen LogP) is 4.21. The molecule has 3 heterocycles.